The van der Waals surface area contributed by atoms with E-state index in [1.165, 1.54) is 154 Å². The van der Waals surface area contributed by atoms with E-state index in [2.05, 4.69) is 32.6 Å². The zero-order valence-corrected chi connectivity index (χ0v) is 26.8. The maximum atomic E-state index is 12.6. The highest BCUT2D eigenvalue weighted by atomic mass is 16.5. The first kappa shape index (κ1) is 37.4. The number of esters is 1. The first-order chi connectivity index (χ1) is 18.7. The Hall–Kier alpha value is -0.570. The van der Waals surface area contributed by atoms with E-state index >= 15 is 0 Å². The molecule has 0 spiro atoms. The third-order valence-corrected chi connectivity index (χ3v) is 8.19. The van der Waals surface area contributed by atoms with Crippen LogP contribution in [-0.2, 0) is 9.53 Å². The minimum absolute atomic E-state index is 0.0584. The third-order valence-electron chi connectivity index (χ3n) is 8.19. The zero-order chi connectivity index (χ0) is 27.9. The van der Waals surface area contributed by atoms with Gasteiger partial charge in [-0.25, -0.2) is 0 Å². The number of rotatable bonds is 31. The summed E-state index contributed by atoms with van der Waals surface area (Å²) in [6.45, 7) is 12.8. The molecular weight excluding hydrogens is 466 g/mol. The molecule has 0 N–H and O–H groups in total. The fourth-order valence-corrected chi connectivity index (χ4v) is 5.49. The third kappa shape index (κ3) is 27.0. The van der Waals surface area contributed by atoms with E-state index in [-0.39, 0.29) is 12.1 Å². The molecule has 0 bridgehead atoms. The van der Waals surface area contributed by atoms with Gasteiger partial charge in [0.15, 0.2) is 0 Å². The van der Waals surface area contributed by atoms with Crippen molar-refractivity contribution in [3.05, 3.63) is 0 Å². The largest absolute Gasteiger partial charge is 0.462 e. The average Bonchev–Trinajstić information content (AvgIpc) is 2.92. The van der Waals surface area contributed by atoms with Gasteiger partial charge in [-0.1, -0.05) is 143 Å². The van der Waals surface area contributed by atoms with Gasteiger partial charge in [0.1, 0.15) is 6.10 Å². The molecule has 0 unspecified atom stereocenters. The molecule has 0 aliphatic rings. The number of unbranched alkanes of at least 4 members (excludes halogenated alkanes) is 19. The summed E-state index contributed by atoms with van der Waals surface area (Å²) < 4.78 is 6.00. The monoisotopic (exact) mass is 538 g/mol. The normalized spacial score (nSPS) is 11.6. The fourth-order valence-electron chi connectivity index (χ4n) is 5.49. The van der Waals surface area contributed by atoms with Crippen LogP contribution in [0.1, 0.15) is 195 Å². The standard InChI is InChI=1S/C35H71NO2/c1-5-9-12-15-19-24-29-34(30-25-20-16-13-10-6-2)38-35(37)31-26-21-18-23-28-33-36(8-4)32-27-22-17-14-11-7-3/h34H,5-33H2,1-4H3. The maximum absolute atomic E-state index is 12.6. The van der Waals surface area contributed by atoms with Gasteiger partial charge >= 0.3 is 5.97 Å². The van der Waals surface area contributed by atoms with E-state index < -0.39 is 0 Å². The van der Waals surface area contributed by atoms with Gasteiger partial charge in [0, 0.05) is 6.42 Å². The van der Waals surface area contributed by atoms with E-state index in [1.807, 2.05) is 0 Å². The molecule has 0 aromatic carbocycles. The Morgan fingerprint density at radius 1 is 0.500 bits per heavy atom. The van der Waals surface area contributed by atoms with Gasteiger partial charge in [0.25, 0.3) is 0 Å². The van der Waals surface area contributed by atoms with Crippen molar-refractivity contribution < 1.29 is 9.53 Å². The second kappa shape index (κ2) is 31.0. The van der Waals surface area contributed by atoms with Gasteiger partial charge in [0.2, 0.25) is 0 Å². The molecule has 0 fully saturated rings. The number of carbonyl (C=O) groups excluding carboxylic acids is 1. The lowest BCUT2D eigenvalue weighted by Crippen LogP contribution is -2.25. The summed E-state index contributed by atoms with van der Waals surface area (Å²) in [5, 5.41) is 0. The van der Waals surface area contributed by atoms with Gasteiger partial charge in [0.05, 0.1) is 0 Å². The summed E-state index contributed by atoms with van der Waals surface area (Å²) in [5.41, 5.74) is 0. The quantitative estimate of drug-likeness (QED) is 0.0650. The lowest BCUT2D eigenvalue weighted by atomic mass is 10.0. The summed E-state index contributed by atoms with van der Waals surface area (Å²) in [5.74, 6) is 0.0584. The molecule has 0 aliphatic carbocycles. The topological polar surface area (TPSA) is 29.5 Å². The first-order valence-electron chi connectivity index (χ1n) is 17.6. The van der Waals surface area contributed by atoms with Crippen molar-refractivity contribution in [1.29, 1.82) is 0 Å². The van der Waals surface area contributed by atoms with Crippen LogP contribution in [0, 0.1) is 0 Å². The molecule has 38 heavy (non-hydrogen) atoms. The van der Waals surface area contributed by atoms with Crippen LogP contribution < -0.4 is 0 Å². The van der Waals surface area contributed by atoms with Crippen molar-refractivity contribution in [1.82, 2.24) is 4.90 Å². The highest BCUT2D eigenvalue weighted by molar-refractivity contribution is 5.69. The molecule has 3 nitrogen and oxygen atoms in total. The molecule has 0 heterocycles. The van der Waals surface area contributed by atoms with Crippen molar-refractivity contribution >= 4 is 5.97 Å². The first-order valence-corrected chi connectivity index (χ1v) is 17.6. The van der Waals surface area contributed by atoms with E-state index in [4.69, 9.17) is 4.74 Å². The minimum Gasteiger partial charge on any atom is -0.462 e. The van der Waals surface area contributed by atoms with Crippen LogP contribution in [0.5, 0.6) is 0 Å². The molecule has 0 rings (SSSR count). The van der Waals surface area contributed by atoms with Crippen LogP contribution in [0.3, 0.4) is 0 Å². The summed E-state index contributed by atoms with van der Waals surface area (Å²) in [6, 6.07) is 0. The Kier molecular flexibility index (Phi) is 30.5. The van der Waals surface area contributed by atoms with Crippen molar-refractivity contribution in [2.75, 3.05) is 19.6 Å². The molecule has 228 valence electrons. The van der Waals surface area contributed by atoms with Crippen molar-refractivity contribution in [2.24, 2.45) is 0 Å². The highest BCUT2D eigenvalue weighted by Crippen LogP contribution is 2.18. The fraction of sp³-hybridized carbons (Fsp3) is 0.971. The molecule has 0 atom stereocenters. The number of hydrogen-bond donors (Lipinski definition) is 0. The van der Waals surface area contributed by atoms with E-state index in [0.29, 0.717) is 6.42 Å². The van der Waals surface area contributed by atoms with Gasteiger partial charge in [-0.3, -0.25) is 4.79 Å². The van der Waals surface area contributed by atoms with Gasteiger partial charge < -0.3 is 9.64 Å². The van der Waals surface area contributed by atoms with Crippen molar-refractivity contribution in [3.8, 4) is 0 Å². The second-order valence-electron chi connectivity index (χ2n) is 11.9. The molecule has 3 heteroatoms. The van der Waals surface area contributed by atoms with Gasteiger partial charge in [-0.05, 0) is 64.6 Å². The Bertz CT molecular complexity index is 451. The summed E-state index contributed by atoms with van der Waals surface area (Å²) >= 11 is 0. The maximum Gasteiger partial charge on any atom is 0.306 e. The second-order valence-corrected chi connectivity index (χ2v) is 11.9. The number of ether oxygens (including phenoxy) is 1. The predicted molar refractivity (Wildman–Crippen MR) is 169 cm³/mol. The molecule has 0 saturated heterocycles. The molecular formula is C35H71NO2. The lowest BCUT2D eigenvalue weighted by Gasteiger charge is -2.20. The number of hydrogen-bond acceptors (Lipinski definition) is 3. The van der Waals surface area contributed by atoms with Crippen LogP contribution in [0.4, 0.5) is 0 Å². The summed E-state index contributed by atoms with van der Waals surface area (Å²) in [7, 11) is 0. The summed E-state index contributed by atoms with van der Waals surface area (Å²) in [6.07, 6.45) is 32.9. The van der Waals surface area contributed by atoms with Crippen molar-refractivity contribution in [2.45, 2.75) is 201 Å². The van der Waals surface area contributed by atoms with Crippen LogP contribution in [0.25, 0.3) is 0 Å². The average molecular weight is 538 g/mol. The molecule has 0 aromatic heterocycles. The molecule has 0 aromatic rings. The Morgan fingerprint density at radius 2 is 0.868 bits per heavy atom. The van der Waals surface area contributed by atoms with Crippen LogP contribution in [-0.4, -0.2) is 36.6 Å². The summed E-state index contributed by atoms with van der Waals surface area (Å²) in [4.78, 5) is 15.2. The van der Waals surface area contributed by atoms with Crippen molar-refractivity contribution in [3.63, 3.8) is 0 Å². The predicted octanol–water partition coefficient (Wildman–Crippen LogP) is 11.4. The molecule has 0 aliphatic heterocycles. The van der Waals surface area contributed by atoms with E-state index in [1.54, 1.807) is 0 Å². The smallest absolute Gasteiger partial charge is 0.306 e. The Balaban J connectivity index is 3.97. The SMILES string of the molecule is CCCCCCCCC(CCCCCCCC)OC(=O)CCCCCCCN(CC)CCCCCCCC. The van der Waals surface area contributed by atoms with E-state index in [9.17, 15) is 4.79 Å². The number of nitrogens with zero attached hydrogens (tertiary/aromatic N) is 1. The Morgan fingerprint density at radius 3 is 1.29 bits per heavy atom. The molecule has 0 radical (unpaired) electrons. The van der Waals surface area contributed by atoms with Crippen LogP contribution in [0.15, 0.2) is 0 Å². The molecule has 0 amide bonds. The highest BCUT2D eigenvalue weighted by Gasteiger charge is 2.14. The van der Waals surface area contributed by atoms with Gasteiger partial charge in [-0.2, -0.15) is 0 Å². The van der Waals surface area contributed by atoms with Gasteiger partial charge in [-0.15, -0.1) is 0 Å². The van der Waals surface area contributed by atoms with E-state index in [0.717, 1.165) is 25.7 Å². The Labute approximate surface area is 240 Å². The minimum atomic E-state index is 0.0584. The molecule has 0 saturated carbocycles. The number of carbonyl (C=O) groups is 1. The lowest BCUT2D eigenvalue weighted by molar-refractivity contribution is -0.150. The van der Waals surface area contributed by atoms with Crippen LogP contribution in [0.2, 0.25) is 0 Å². The van der Waals surface area contributed by atoms with Crippen LogP contribution >= 0.6 is 0 Å². The zero-order valence-electron chi connectivity index (χ0n) is 26.8.